The summed E-state index contributed by atoms with van der Waals surface area (Å²) < 4.78 is 49.0. The molecule has 1 aromatic rings. The first-order valence-electron chi connectivity index (χ1n) is 5.66. The Bertz CT molecular complexity index is 545. The Hall–Kier alpha value is -2.32. The topological polar surface area (TPSA) is 86.6 Å². The molecule has 3 N–H and O–H groups in total. The van der Waals surface area contributed by atoms with Crippen LogP contribution in [-0.2, 0) is 16.0 Å². The van der Waals surface area contributed by atoms with Gasteiger partial charge in [0.2, 0.25) is 0 Å². The van der Waals surface area contributed by atoms with E-state index in [1.54, 1.807) is 0 Å². The number of amides is 1. The molecule has 1 amide bonds. The minimum absolute atomic E-state index is 0.166. The van der Waals surface area contributed by atoms with Crippen LogP contribution in [0.15, 0.2) is 18.2 Å². The highest BCUT2D eigenvalue weighted by Gasteiger charge is 2.39. The van der Waals surface area contributed by atoms with Gasteiger partial charge in [-0.05, 0) is 24.1 Å². The van der Waals surface area contributed by atoms with Crippen LogP contribution in [0, 0.1) is 11.7 Å². The standard InChI is InChI=1S/C12H11F4NO4/c13-8-4-6(1-2-9(8)18)3-7(10(19)20)5-17-11(21)12(14,15)16/h1-2,4,7,18H,3,5H2,(H,17,21)(H,19,20). The number of carbonyl (C=O) groups excluding carboxylic acids is 1. The molecular weight excluding hydrogens is 298 g/mol. The molecule has 0 fully saturated rings. The Kier molecular flexibility index (Phi) is 5.12. The molecule has 0 radical (unpaired) electrons. The fraction of sp³-hybridized carbons (Fsp3) is 0.333. The van der Waals surface area contributed by atoms with Crippen molar-refractivity contribution in [2.24, 2.45) is 5.92 Å². The van der Waals surface area contributed by atoms with Gasteiger partial charge in [-0.3, -0.25) is 9.59 Å². The molecule has 0 aliphatic carbocycles. The van der Waals surface area contributed by atoms with E-state index >= 15 is 0 Å². The molecule has 0 aliphatic rings. The third kappa shape index (κ3) is 4.93. The zero-order chi connectivity index (χ0) is 16.2. The van der Waals surface area contributed by atoms with Gasteiger partial charge in [0.05, 0.1) is 5.92 Å². The molecule has 21 heavy (non-hydrogen) atoms. The van der Waals surface area contributed by atoms with Gasteiger partial charge >= 0.3 is 18.1 Å². The third-order valence-corrected chi connectivity index (χ3v) is 2.61. The van der Waals surface area contributed by atoms with Gasteiger partial charge in [0.15, 0.2) is 11.6 Å². The maximum absolute atomic E-state index is 13.1. The maximum atomic E-state index is 13.1. The van der Waals surface area contributed by atoms with Crippen molar-refractivity contribution in [3.05, 3.63) is 29.6 Å². The van der Waals surface area contributed by atoms with Gasteiger partial charge in [0.25, 0.3) is 0 Å². The minimum Gasteiger partial charge on any atom is -0.505 e. The van der Waals surface area contributed by atoms with Crippen molar-refractivity contribution in [1.82, 2.24) is 5.32 Å². The molecule has 0 heterocycles. The number of carboxylic acids is 1. The van der Waals surface area contributed by atoms with Gasteiger partial charge in [-0.15, -0.1) is 0 Å². The number of benzene rings is 1. The van der Waals surface area contributed by atoms with E-state index in [0.29, 0.717) is 0 Å². The molecule has 0 spiro atoms. The number of carboxylic acid groups (broad SMARTS) is 1. The first-order chi connectivity index (χ1) is 9.61. The largest absolute Gasteiger partial charge is 0.505 e. The summed E-state index contributed by atoms with van der Waals surface area (Å²) in [6, 6.07) is 3.11. The first-order valence-corrected chi connectivity index (χ1v) is 5.66. The number of rotatable bonds is 5. The van der Waals surface area contributed by atoms with Crippen LogP contribution in [0.25, 0.3) is 0 Å². The Morgan fingerprint density at radius 3 is 2.38 bits per heavy atom. The van der Waals surface area contributed by atoms with Crippen LogP contribution >= 0.6 is 0 Å². The van der Waals surface area contributed by atoms with Crippen molar-refractivity contribution in [2.75, 3.05) is 6.54 Å². The quantitative estimate of drug-likeness (QED) is 0.719. The highest BCUT2D eigenvalue weighted by Crippen LogP contribution is 2.19. The summed E-state index contributed by atoms with van der Waals surface area (Å²) in [6.45, 7) is -0.754. The Morgan fingerprint density at radius 1 is 1.29 bits per heavy atom. The van der Waals surface area contributed by atoms with Crippen LogP contribution in [-0.4, -0.2) is 34.8 Å². The smallest absolute Gasteiger partial charge is 0.471 e. The van der Waals surface area contributed by atoms with Crippen molar-refractivity contribution < 1.29 is 37.4 Å². The molecule has 1 rings (SSSR count). The number of alkyl halides is 3. The summed E-state index contributed by atoms with van der Waals surface area (Å²) in [6.07, 6.45) is -5.40. The van der Waals surface area contributed by atoms with Crippen LogP contribution in [0.2, 0.25) is 0 Å². The molecule has 0 aliphatic heterocycles. The van der Waals surface area contributed by atoms with Gasteiger partial charge in [-0.2, -0.15) is 13.2 Å². The molecule has 116 valence electrons. The van der Waals surface area contributed by atoms with Gasteiger partial charge in [0, 0.05) is 6.54 Å². The van der Waals surface area contributed by atoms with E-state index in [0.717, 1.165) is 12.1 Å². The lowest BCUT2D eigenvalue weighted by atomic mass is 9.99. The fourth-order valence-corrected chi connectivity index (χ4v) is 1.52. The highest BCUT2D eigenvalue weighted by molar-refractivity contribution is 5.82. The summed E-state index contributed by atoms with van der Waals surface area (Å²) in [5, 5.41) is 19.3. The third-order valence-electron chi connectivity index (χ3n) is 2.61. The van der Waals surface area contributed by atoms with E-state index in [1.807, 2.05) is 0 Å². The van der Waals surface area contributed by atoms with Crippen LogP contribution in [0.4, 0.5) is 17.6 Å². The molecule has 1 unspecified atom stereocenters. The van der Waals surface area contributed by atoms with Gasteiger partial charge in [0.1, 0.15) is 0 Å². The number of aliphatic carboxylic acids is 1. The van der Waals surface area contributed by atoms with Crippen LogP contribution in [0.3, 0.4) is 0 Å². The lowest BCUT2D eigenvalue weighted by Gasteiger charge is -2.14. The number of phenols is 1. The van der Waals surface area contributed by atoms with Crippen molar-refractivity contribution in [3.63, 3.8) is 0 Å². The summed E-state index contributed by atoms with van der Waals surface area (Å²) >= 11 is 0. The normalized spacial score (nSPS) is 12.8. The zero-order valence-corrected chi connectivity index (χ0v) is 10.4. The van der Waals surface area contributed by atoms with Gasteiger partial charge in [-0.25, -0.2) is 4.39 Å². The van der Waals surface area contributed by atoms with Crippen molar-refractivity contribution >= 4 is 11.9 Å². The maximum Gasteiger partial charge on any atom is 0.471 e. The molecular formula is C12H11F4NO4. The number of carbonyl (C=O) groups is 2. The molecule has 9 heteroatoms. The van der Waals surface area contributed by atoms with Crippen molar-refractivity contribution in [3.8, 4) is 5.75 Å². The second-order valence-corrected chi connectivity index (χ2v) is 4.23. The van der Waals surface area contributed by atoms with E-state index in [1.165, 1.54) is 11.4 Å². The van der Waals surface area contributed by atoms with E-state index in [9.17, 15) is 27.2 Å². The molecule has 1 aromatic carbocycles. The summed E-state index contributed by atoms with van der Waals surface area (Å²) in [5.41, 5.74) is 0.166. The van der Waals surface area contributed by atoms with Crippen molar-refractivity contribution in [2.45, 2.75) is 12.6 Å². The molecule has 0 saturated carbocycles. The second kappa shape index (κ2) is 6.42. The van der Waals surface area contributed by atoms with Crippen LogP contribution in [0.5, 0.6) is 5.75 Å². The second-order valence-electron chi connectivity index (χ2n) is 4.23. The lowest BCUT2D eigenvalue weighted by Crippen LogP contribution is -2.41. The number of hydrogen-bond donors (Lipinski definition) is 3. The number of aromatic hydroxyl groups is 1. The molecule has 1 atom stereocenters. The Balaban J connectivity index is 2.72. The highest BCUT2D eigenvalue weighted by atomic mass is 19.4. The monoisotopic (exact) mass is 309 g/mol. The van der Waals surface area contributed by atoms with Gasteiger partial charge in [-0.1, -0.05) is 6.07 Å². The summed E-state index contributed by atoms with van der Waals surface area (Å²) in [5.74, 6) is -6.65. The van der Waals surface area contributed by atoms with Crippen LogP contribution < -0.4 is 5.32 Å². The average Bonchev–Trinajstić information content (AvgIpc) is 2.36. The lowest BCUT2D eigenvalue weighted by molar-refractivity contribution is -0.174. The average molecular weight is 309 g/mol. The van der Waals surface area contributed by atoms with E-state index in [4.69, 9.17) is 10.2 Å². The zero-order valence-electron chi connectivity index (χ0n) is 10.4. The molecule has 5 nitrogen and oxygen atoms in total. The van der Waals surface area contributed by atoms with Crippen molar-refractivity contribution in [1.29, 1.82) is 0 Å². The number of hydrogen-bond acceptors (Lipinski definition) is 3. The predicted octanol–water partition coefficient (Wildman–Crippen LogP) is 1.45. The number of nitrogens with one attached hydrogen (secondary N) is 1. The summed E-state index contributed by atoms with van der Waals surface area (Å²) in [7, 11) is 0. The van der Waals surface area contributed by atoms with E-state index in [2.05, 4.69) is 0 Å². The molecule has 0 bridgehead atoms. The number of phenolic OH excluding ortho intramolecular Hbond substituents is 1. The van der Waals surface area contributed by atoms with E-state index in [-0.39, 0.29) is 12.0 Å². The number of halogens is 4. The Morgan fingerprint density at radius 2 is 1.90 bits per heavy atom. The Labute approximate surface area is 116 Å². The SMILES string of the molecule is O=C(O)C(CNC(=O)C(F)(F)F)Cc1ccc(O)c(F)c1. The van der Waals surface area contributed by atoms with Crippen LogP contribution in [0.1, 0.15) is 5.56 Å². The fourth-order valence-electron chi connectivity index (χ4n) is 1.52. The molecule has 0 aromatic heterocycles. The minimum atomic E-state index is -5.10. The van der Waals surface area contributed by atoms with Gasteiger partial charge < -0.3 is 15.5 Å². The predicted molar refractivity (Wildman–Crippen MR) is 62.0 cm³/mol. The first kappa shape index (κ1) is 16.7. The molecule has 0 saturated heterocycles. The summed E-state index contributed by atoms with van der Waals surface area (Å²) in [4.78, 5) is 21.6. The van der Waals surface area contributed by atoms with E-state index < -0.39 is 42.1 Å².